The molecule has 5 unspecified atom stereocenters. The smallest absolute Gasteiger partial charge is 0.282 e. The summed E-state index contributed by atoms with van der Waals surface area (Å²) in [4.78, 5) is 29.0. The Morgan fingerprint density at radius 1 is 0.811 bits per heavy atom. The molecule has 74 heavy (non-hydrogen) atoms. The third-order valence-electron chi connectivity index (χ3n) is 13.7. The van der Waals surface area contributed by atoms with Crippen LogP contribution in [0.5, 0.6) is 0 Å². The fourth-order valence-electron chi connectivity index (χ4n) is 10.5. The number of nitrogens with one attached hydrogen (secondary N) is 2. The molecule has 1 saturated heterocycles. The van der Waals surface area contributed by atoms with Crippen molar-refractivity contribution >= 4 is 52.3 Å². The molecule has 0 radical (unpaired) electrons. The lowest BCUT2D eigenvalue weighted by Crippen LogP contribution is -2.38. The van der Waals surface area contributed by atoms with E-state index in [1.807, 2.05) is 36.4 Å². The highest BCUT2D eigenvalue weighted by molar-refractivity contribution is 6.35. The number of amides is 2. The van der Waals surface area contributed by atoms with E-state index in [4.69, 9.17) is 44.3 Å². The molecule has 1 saturated carbocycles. The van der Waals surface area contributed by atoms with Crippen LogP contribution in [0.3, 0.4) is 0 Å². The first-order valence-corrected chi connectivity index (χ1v) is 24.8. The predicted molar refractivity (Wildman–Crippen MR) is 270 cm³/mol. The molecule has 4 heterocycles. The van der Waals surface area contributed by atoms with E-state index in [9.17, 15) is 31.5 Å². The quantitative estimate of drug-likeness (QED) is 0.0808. The van der Waals surface area contributed by atoms with Crippen LogP contribution >= 0.6 is 34.8 Å². The Morgan fingerprint density at radius 3 is 2.04 bits per heavy atom. The summed E-state index contributed by atoms with van der Waals surface area (Å²) in [5.74, 6) is 0.690. The number of aromatic nitrogens is 7. The van der Waals surface area contributed by atoms with Gasteiger partial charge in [-0.1, -0.05) is 97.2 Å². The van der Waals surface area contributed by atoms with E-state index in [1.165, 1.54) is 79.0 Å². The lowest BCUT2D eigenvalue weighted by molar-refractivity contribution is 0.0641. The number of nitrogens with zero attached hydrogens (tertiary/aromatic N) is 7. The van der Waals surface area contributed by atoms with Gasteiger partial charge in [-0.05, 0) is 96.5 Å². The Bertz CT molecular complexity index is 3100. The molecular formula is C53H53Cl3F5N9O4. The summed E-state index contributed by atoms with van der Waals surface area (Å²) >= 11 is 18.4. The van der Waals surface area contributed by atoms with Crippen LogP contribution < -0.4 is 10.6 Å². The van der Waals surface area contributed by atoms with Gasteiger partial charge in [0, 0.05) is 65.5 Å². The maximum absolute atomic E-state index is 13.3. The van der Waals surface area contributed by atoms with Gasteiger partial charge < -0.3 is 20.1 Å². The molecule has 2 amide bonds. The Labute approximate surface area is 439 Å². The summed E-state index contributed by atoms with van der Waals surface area (Å²) in [5, 5.41) is 18.5. The van der Waals surface area contributed by atoms with Crippen molar-refractivity contribution in [1.29, 1.82) is 0 Å². The molecule has 13 nitrogen and oxygen atoms in total. The highest BCUT2D eigenvalue weighted by atomic mass is 35.5. The predicted octanol–water partition coefficient (Wildman–Crippen LogP) is 12.8. The van der Waals surface area contributed by atoms with E-state index in [1.54, 1.807) is 48.3 Å². The molecule has 0 spiro atoms. The van der Waals surface area contributed by atoms with Crippen LogP contribution in [0.4, 0.5) is 27.6 Å². The van der Waals surface area contributed by atoms with Gasteiger partial charge in [0.2, 0.25) is 0 Å². The highest BCUT2D eigenvalue weighted by Crippen LogP contribution is 2.61. The number of benzene rings is 4. The first-order valence-electron chi connectivity index (χ1n) is 23.7. The van der Waals surface area contributed by atoms with Crippen LogP contribution in [0, 0.1) is 17.7 Å². The first-order chi connectivity index (χ1) is 35.3. The number of methoxy groups -OCH3 is 1. The molecule has 4 aromatic carbocycles. The first kappa shape index (κ1) is 54.1. The zero-order valence-electron chi connectivity index (χ0n) is 41.0. The lowest BCUT2D eigenvalue weighted by Gasteiger charge is -2.25. The molecule has 7 aromatic rings. The molecule has 2 N–H and O–H groups in total. The Morgan fingerprint density at radius 2 is 1.45 bits per heavy atom. The fourth-order valence-corrected chi connectivity index (χ4v) is 11.3. The van der Waals surface area contributed by atoms with Crippen molar-refractivity contribution in [2.24, 2.45) is 25.9 Å². The molecule has 2 fully saturated rings. The van der Waals surface area contributed by atoms with Gasteiger partial charge in [0.15, 0.2) is 0 Å². The number of carbonyl (C=O) groups excluding carboxylic acids is 2. The van der Waals surface area contributed by atoms with Gasteiger partial charge in [-0.25, -0.2) is 31.6 Å². The third-order valence-corrected chi connectivity index (χ3v) is 14.6. The van der Waals surface area contributed by atoms with Crippen molar-refractivity contribution in [3.8, 4) is 0 Å². The Kier molecular flexibility index (Phi) is 16.6. The number of anilines is 1. The van der Waals surface area contributed by atoms with Crippen LogP contribution in [0.1, 0.15) is 130 Å². The van der Waals surface area contributed by atoms with E-state index in [2.05, 4.69) is 50.8 Å². The van der Waals surface area contributed by atoms with Crippen LogP contribution in [0.25, 0.3) is 0 Å². The number of rotatable bonds is 14. The van der Waals surface area contributed by atoms with Crippen LogP contribution in [-0.2, 0) is 35.7 Å². The average molecular weight is 1080 g/mol. The molecule has 7 atom stereocenters. The van der Waals surface area contributed by atoms with Crippen molar-refractivity contribution < 1.29 is 41.0 Å². The van der Waals surface area contributed by atoms with E-state index in [0.717, 1.165) is 23.2 Å². The summed E-state index contributed by atoms with van der Waals surface area (Å²) in [6, 6.07) is 24.3. The van der Waals surface area contributed by atoms with Crippen molar-refractivity contribution in [2.45, 2.75) is 88.7 Å². The lowest BCUT2D eigenvalue weighted by atomic mass is 9.85. The molecule has 2 bridgehead atoms. The number of aryl methyl sites for hydroxylation is 2. The standard InChI is InChI=1S/C20H23F2N3O.C17H13ClFN3O.C16H17Cl2F2N3O2/c1-10(2)16-12-7-8-13(16)17-11(12)5-4-6-15(17)23-20(26)14-9-25(3)24-18(14)19(21)22;18-15-4-2-1-3-14(15)16-17(23-16,9-22-11-20-10-21-22)12-5-7-13(19)8-6-12;1-8(14(25-3)10-5-4-9(17)6-12(10)18)21-16(24)11-7-23(2)22-13(11)15(19)20/h4-6,9-10,12-13,16,19H,7-8H2,1-3H3,(H,23,26);1-8,10-11,16H,9H2;4-8,14-15H,1-3H3,(H,21,24)/t12-,13-,16?;;/m0../s1. The molecule has 3 aliphatic rings. The van der Waals surface area contributed by atoms with Gasteiger partial charge in [0.25, 0.3) is 24.7 Å². The molecule has 21 heteroatoms. The zero-order chi connectivity index (χ0) is 53.2. The minimum atomic E-state index is -2.85. The zero-order valence-corrected chi connectivity index (χ0v) is 43.3. The van der Waals surface area contributed by atoms with Crippen molar-refractivity contribution in [1.82, 2.24) is 39.6 Å². The maximum atomic E-state index is 13.3. The Hall–Kier alpha value is -6.18. The van der Waals surface area contributed by atoms with E-state index in [-0.39, 0.29) is 23.0 Å². The summed E-state index contributed by atoms with van der Waals surface area (Å²) in [5.41, 5.74) is 3.81. The minimum Gasteiger partial charge on any atom is -0.375 e. The summed E-state index contributed by atoms with van der Waals surface area (Å²) in [6.45, 7) is 6.68. The van der Waals surface area contributed by atoms with Gasteiger partial charge >= 0.3 is 0 Å². The number of carbonyl (C=O) groups is 2. The summed E-state index contributed by atoms with van der Waals surface area (Å²) < 4.78 is 81.3. The Balaban J connectivity index is 0.000000148. The van der Waals surface area contributed by atoms with Crippen LogP contribution in [0.15, 0.2) is 110 Å². The van der Waals surface area contributed by atoms with Crippen molar-refractivity contribution in [3.63, 3.8) is 0 Å². The second-order valence-electron chi connectivity index (χ2n) is 18.8. The molecule has 3 aromatic heterocycles. The largest absolute Gasteiger partial charge is 0.375 e. The van der Waals surface area contributed by atoms with E-state index in [0.29, 0.717) is 50.8 Å². The average Bonchev–Trinajstić information content (AvgIpc) is 4.01. The molecule has 10 rings (SSSR count). The monoisotopic (exact) mass is 1080 g/mol. The van der Waals surface area contributed by atoms with Crippen LogP contribution in [0.2, 0.25) is 15.1 Å². The second-order valence-corrected chi connectivity index (χ2v) is 20.0. The van der Waals surface area contributed by atoms with Gasteiger partial charge in [-0.3, -0.25) is 19.0 Å². The summed E-state index contributed by atoms with van der Waals surface area (Å²) in [6.07, 6.45) is 1.62. The number of hydrogen-bond acceptors (Lipinski definition) is 8. The van der Waals surface area contributed by atoms with Gasteiger partial charge in [-0.15, -0.1) is 0 Å². The number of hydrogen-bond donors (Lipinski definition) is 2. The van der Waals surface area contributed by atoms with Gasteiger partial charge in [0.05, 0.1) is 23.7 Å². The molecule has 1 aliphatic heterocycles. The second kappa shape index (κ2) is 22.7. The third kappa shape index (κ3) is 11.4. The topological polar surface area (TPSA) is 146 Å². The van der Waals surface area contributed by atoms with Crippen molar-refractivity contribution in [3.05, 3.63) is 181 Å². The number of alkyl halides is 4. The minimum absolute atomic E-state index is 0.0660. The number of fused-ring (bicyclic) bond motifs is 5. The molecular weight excluding hydrogens is 1030 g/mol. The molecule has 390 valence electrons. The highest BCUT2D eigenvalue weighted by Gasteiger charge is 2.59. The fraction of sp³-hybridized carbons (Fsp3) is 0.358. The number of epoxide rings is 1. The van der Waals surface area contributed by atoms with E-state index >= 15 is 0 Å². The van der Waals surface area contributed by atoms with E-state index < -0.39 is 53.8 Å². The molecule has 2 aliphatic carbocycles. The SMILES string of the molecule is CC(C)C1[C@@H]2CC[C@H]1c1cccc(NC(=O)c3cn(C)nc3C(F)F)c12.COC(c1ccc(Cl)cc1Cl)C(C)NC(=O)c1cn(C)nc1C(F)F.Fc1ccc(C2(Cn3cncn3)OC2c2ccccc2Cl)cc1. The van der Waals surface area contributed by atoms with Crippen LogP contribution in [-0.4, -0.2) is 59.3 Å². The van der Waals surface area contributed by atoms with Gasteiger partial charge in [-0.2, -0.15) is 15.3 Å². The summed E-state index contributed by atoms with van der Waals surface area (Å²) in [7, 11) is 4.47. The van der Waals surface area contributed by atoms with Gasteiger partial charge in [0.1, 0.15) is 47.7 Å². The number of halogens is 8. The van der Waals surface area contributed by atoms with Crippen molar-refractivity contribution in [2.75, 3.05) is 12.4 Å². The number of ether oxygens (including phenoxy) is 2. The maximum Gasteiger partial charge on any atom is 0.282 e. The normalized spacial score (nSPS) is 20.1.